The molecule has 2 aliphatic rings. The second-order valence-electron chi connectivity index (χ2n) is 5.02. The maximum Gasteiger partial charge on any atom is 0.0541 e. The van der Waals surface area contributed by atoms with Crippen molar-refractivity contribution in [3.63, 3.8) is 0 Å². The van der Waals surface area contributed by atoms with Gasteiger partial charge >= 0.3 is 0 Å². The summed E-state index contributed by atoms with van der Waals surface area (Å²) in [5.41, 5.74) is 0. The first kappa shape index (κ1) is 10.4. The van der Waals surface area contributed by atoms with Crippen LogP contribution in [-0.4, -0.2) is 23.3 Å². The monoisotopic (exact) mass is 197 g/mol. The van der Waals surface area contributed by atoms with Crippen molar-refractivity contribution in [1.82, 2.24) is 5.32 Å². The smallest absolute Gasteiger partial charge is 0.0541 e. The Labute approximate surface area is 87.1 Å². The van der Waals surface area contributed by atoms with Gasteiger partial charge in [-0.3, -0.25) is 0 Å². The van der Waals surface area contributed by atoms with Gasteiger partial charge in [-0.25, -0.2) is 0 Å². The van der Waals surface area contributed by atoms with Crippen LogP contribution in [0.4, 0.5) is 0 Å². The van der Waals surface area contributed by atoms with Gasteiger partial charge in [-0.05, 0) is 50.9 Å². The highest BCUT2D eigenvalue weighted by molar-refractivity contribution is 4.89. The molecule has 0 amide bonds. The molecule has 2 nitrogen and oxygen atoms in total. The number of rotatable bonds is 4. The molecule has 82 valence electrons. The molecule has 0 saturated heterocycles. The molecule has 0 radical (unpaired) electrons. The van der Waals surface area contributed by atoms with E-state index in [9.17, 15) is 5.11 Å². The fourth-order valence-electron chi connectivity index (χ4n) is 2.63. The highest BCUT2D eigenvalue weighted by Gasteiger charge is 2.31. The Morgan fingerprint density at radius 3 is 2.29 bits per heavy atom. The first-order chi connectivity index (χ1) is 6.79. The van der Waals surface area contributed by atoms with Crippen molar-refractivity contribution in [2.75, 3.05) is 0 Å². The average Bonchev–Trinajstić information content (AvgIpc) is 3.01. The van der Waals surface area contributed by atoms with Crippen molar-refractivity contribution in [2.24, 2.45) is 5.92 Å². The van der Waals surface area contributed by atoms with Gasteiger partial charge in [0.25, 0.3) is 0 Å². The molecule has 2 rings (SSSR count). The third-order valence-corrected chi connectivity index (χ3v) is 3.78. The molecule has 0 aromatic rings. The summed E-state index contributed by atoms with van der Waals surface area (Å²) in [6.07, 6.45) is 8.45. The van der Waals surface area contributed by atoms with Crippen molar-refractivity contribution in [2.45, 2.75) is 70.1 Å². The van der Waals surface area contributed by atoms with Gasteiger partial charge in [0.1, 0.15) is 0 Å². The zero-order valence-electron chi connectivity index (χ0n) is 9.21. The van der Waals surface area contributed by atoms with Crippen LogP contribution in [0.1, 0.15) is 51.9 Å². The zero-order valence-corrected chi connectivity index (χ0v) is 9.21. The summed E-state index contributed by atoms with van der Waals surface area (Å²) in [6, 6.07) is 1.44. The second kappa shape index (κ2) is 4.63. The van der Waals surface area contributed by atoms with Gasteiger partial charge in [-0.15, -0.1) is 0 Å². The predicted octanol–water partition coefficient (Wildman–Crippen LogP) is 2.07. The highest BCUT2D eigenvalue weighted by atomic mass is 16.3. The predicted molar refractivity (Wildman–Crippen MR) is 58.2 cm³/mol. The summed E-state index contributed by atoms with van der Waals surface area (Å²) in [6.45, 7) is 2.29. The molecule has 0 aromatic carbocycles. The van der Waals surface area contributed by atoms with Crippen molar-refractivity contribution in [3.05, 3.63) is 0 Å². The average molecular weight is 197 g/mol. The first-order valence-electron chi connectivity index (χ1n) is 6.23. The molecule has 2 heteroatoms. The molecular weight excluding hydrogens is 174 g/mol. The maximum absolute atomic E-state index is 9.41. The maximum atomic E-state index is 9.41. The van der Waals surface area contributed by atoms with E-state index < -0.39 is 0 Å². The first-order valence-corrected chi connectivity index (χ1v) is 6.23. The van der Waals surface area contributed by atoms with E-state index in [-0.39, 0.29) is 6.10 Å². The van der Waals surface area contributed by atoms with Crippen LogP contribution >= 0.6 is 0 Å². The number of aliphatic hydroxyl groups is 1. The summed E-state index contributed by atoms with van der Waals surface area (Å²) >= 11 is 0. The fourth-order valence-corrected chi connectivity index (χ4v) is 2.63. The van der Waals surface area contributed by atoms with E-state index in [4.69, 9.17) is 0 Å². The number of hydrogen-bond donors (Lipinski definition) is 2. The van der Waals surface area contributed by atoms with Gasteiger partial charge in [-0.1, -0.05) is 6.92 Å². The Morgan fingerprint density at radius 2 is 1.79 bits per heavy atom. The molecule has 14 heavy (non-hydrogen) atoms. The van der Waals surface area contributed by atoms with E-state index in [0.29, 0.717) is 6.04 Å². The van der Waals surface area contributed by atoms with Crippen LogP contribution in [0.15, 0.2) is 0 Å². The molecule has 0 heterocycles. The minimum atomic E-state index is -0.0194. The lowest BCUT2D eigenvalue weighted by molar-refractivity contribution is 0.113. The minimum Gasteiger partial charge on any atom is -0.393 e. The van der Waals surface area contributed by atoms with Gasteiger partial charge in [0, 0.05) is 12.1 Å². The van der Waals surface area contributed by atoms with E-state index in [1.54, 1.807) is 0 Å². The van der Waals surface area contributed by atoms with Gasteiger partial charge in [0.05, 0.1) is 6.10 Å². The lowest BCUT2D eigenvalue weighted by atomic mass is 9.92. The van der Waals surface area contributed by atoms with Crippen molar-refractivity contribution in [1.29, 1.82) is 0 Å². The molecule has 0 spiro atoms. The Kier molecular flexibility index (Phi) is 3.45. The molecule has 1 unspecified atom stereocenters. The van der Waals surface area contributed by atoms with Crippen LogP contribution in [0.25, 0.3) is 0 Å². The van der Waals surface area contributed by atoms with Crippen LogP contribution < -0.4 is 5.32 Å². The van der Waals surface area contributed by atoms with Crippen LogP contribution in [0.2, 0.25) is 0 Å². The summed E-state index contributed by atoms with van der Waals surface area (Å²) < 4.78 is 0. The summed E-state index contributed by atoms with van der Waals surface area (Å²) in [5, 5.41) is 13.2. The Balaban J connectivity index is 1.72. The van der Waals surface area contributed by atoms with Gasteiger partial charge in [0.15, 0.2) is 0 Å². The van der Waals surface area contributed by atoms with E-state index in [1.165, 1.54) is 32.1 Å². The van der Waals surface area contributed by atoms with Crippen molar-refractivity contribution < 1.29 is 5.11 Å². The molecular formula is C12H23NO. The van der Waals surface area contributed by atoms with Gasteiger partial charge in [0.2, 0.25) is 0 Å². The Morgan fingerprint density at radius 1 is 1.14 bits per heavy atom. The zero-order chi connectivity index (χ0) is 9.97. The second-order valence-corrected chi connectivity index (χ2v) is 5.02. The molecule has 0 aliphatic heterocycles. The summed E-state index contributed by atoms with van der Waals surface area (Å²) in [4.78, 5) is 0. The summed E-state index contributed by atoms with van der Waals surface area (Å²) in [7, 11) is 0. The van der Waals surface area contributed by atoms with E-state index in [1.807, 2.05) is 0 Å². The van der Waals surface area contributed by atoms with Gasteiger partial charge < -0.3 is 10.4 Å². The topological polar surface area (TPSA) is 32.3 Å². The molecule has 0 aromatic heterocycles. The molecule has 1 atom stereocenters. The molecule has 2 fully saturated rings. The number of nitrogens with one attached hydrogen (secondary N) is 1. The third-order valence-electron chi connectivity index (χ3n) is 3.78. The van der Waals surface area contributed by atoms with Gasteiger partial charge in [-0.2, -0.15) is 0 Å². The largest absolute Gasteiger partial charge is 0.393 e. The standard InChI is InChI=1S/C12H23NO/c1-2-12(9-3-4-9)13-10-5-7-11(14)8-6-10/h9-14H,2-8H2,1H3. The fraction of sp³-hybridized carbons (Fsp3) is 1.00. The van der Waals surface area contributed by atoms with Crippen LogP contribution in [0, 0.1) is 5.92 Å². The van der Waals surface area contributed by atoms with E-state index >= 15 is 0 Å². The lowest BCUT2D eigenvalue weighted by Gasteiger charge is -2.30. The van der Waals surface area contributed by atoms with Crippen molar-refractivity contribution in [3.8, 4) is 0 Å². The number of hydrogen-bond acceptors (Lipinski definition) is 2. The highest BCUT2D eigenvalue weighted by Crippen LogP contribution is 2.34. The molecule has 2 aliphatic carbocycles. The lowest BCUT2D eigenvalue weighted by Crippen LogP contribution is -2.42. The van der Waals surface area contributed by atoms with Crippen LogP contribution in [0.3, 0.4) is 0 Å². The van der Waals surface area contributed by atoms with Crippen LogP contribution in [-0.2, 0) is 0 Å². The van der Waals surface area contributed by atoms with E-state index in [0.717, 1.165) is 24.8 Å². The summed E-state index contributed by atoms with van der Waals surface area (Å²) in [5.74, 6) is 0.965. The Hall–Kier alpha value is -0.0800. The Bertz CT molecular complexity index is 171. The molecule has 2 saturated carbocycles. The van der Waals surface area contributed by atoms with Crippen molar-refractivity contribution >= 4 is 0 Å². The SMILES string of the molecule is CCC(NC1CCC(O)CC1)C1CC1. The van der Waals surface area contributed by atoms with Crippen LogP contribution in [0.5, 0.6) is 0 Å². The molecule has 2 N–H and O–H groups in total. The normalized spacial score (nSPS) is 35.6. The molecule has 0 bridgehead atoms. The quantitative estimate of drug-likeness (QED) is 0.723. The minimum absolute atomic E-state index is 0.0194. The number of aliphatic hydroxyl groups excluding tert-OH is 1. The third kappa shape index (κ3) is 2.71. The van der Waals surface area contributed by atoms with E-state index in [2.05, 4.69) is 12.2 Å².